The summed E-state index contributed by atoms with van der Waals surface area (Å²) in [4.78, 5) is 18.6. The van der Waals surface area contributed by atoms with Gasteiger partial charge in [0.2, 0.25) is 10.9 Å². The van der Waals surface area contributed by atoms with Crippen LogP contribution in [-0.4, -0.2) is 41.8 Å². The molecule has 0 saturated heterocycles. The number of anilines is 1. The second-order valence-electron chi connectivity index (χ2n) is 7.61. The van der Waals surface area contributed by atoms with Crippen LogP contribution in [0.3, 0.4) is 0 Å². The molecule has 0 spiro atoms. The summed E-state index contributed by atoms with van der Waals surface area (Å²) in [5, 5.41) is 5.65. The van der Waals surface area contributed by atoms with E-state index in [0.717, 1.165) is 16.6 Å². The second kappa shape index (κ2) is 8.71. The molecule has 0 saturated carbocycles. The molecule has 0 fully saturated rings. The van der Waals surface area contributed by atoms with Crippen LogP contribution in [0.15, 0.2) is 53.1 Å². The summed E-state index contributed by atoms with van der Waals surface area (Å²) in [5.41, 5.74) is 3.01. The first kappa shape index (κ1) is 21.8. The van der Waals surface area contributed by atoms with Gasteiger partial charge in [0.15, 0.2) is 5.76 Å². The first-order valence-corrected chi connectivity index (χ1v) is 11.2. The molecular formula is C24H22N4O5S. The van der Waals surface area contributed by atoms with Crippen LogP contribution in [0, 0.1) is 0 Å². The van der Waals surface area contributed by atoms with E-state index in [0.29, 0.717) is 45.3 Å². The van der Waals surface area contributed by atoms with Crippen molar-refractivity contribution < 1.29 is 23.4 Å². The van der Waals surface area contributed by atoms with Gasteiger partial charge in [0.05, 0.1) is 25.8 Å². The van der Waals surface area contributed by atoms with Crippen molar-refractivity contribution in [1.29, 1.82) is 0 Å². The van der Waals surface area contributed by atoms with Crippen molar-refractivity contribution in [1.82, 2.24) is 14.6 Å². The molecular weight excluding hydrogens is 456 g/mol. The molecule has 34 heavy (non-hydrogen) atoms. The summed E-state index contributed by atoms with van der Waals surface area (Å²) in [6.45, 7) is 1.84. The third-order valence-corrected chi connectivity index (χ3v) is 6.31. The van der Waals surface area contributed by atoms with E-state index in [-0.39, 0.29) is 5.91 Å². The van der Waals surface area contributed by atoms with E-state index in [2.05, 4.69) is 10.1 Å². The molecule has 3 heterocycles. The van der Waals surface area contributed by atoms with Crippen LogP contribution in [-0.2, 0) is 11.4 Å². The molecule has 0 bridgehead atoms. The number of fused-ring (bicyclic) bond motifs is 2. The Balaban J connectivity index is 1.46. The second-order valence-corrected chi connectivity index (χ2v) is 8.53. The highest BCUT2D eigenvalue weighted by Crippen LogP contribution is 2.37. The molecule has 0 aliphatic rings. The monoisotopic (exact) mass is 478 g/mol. The minimum absolute atomic E-state index is 0.0358. The molecule has 5 rings (SSSR count). The van der Waals surface area contributed by atoms with Crippen LogP contribution in [0.1, 0.15) is 12.5 Å². The molecule has 9 nitrogen and oxygen atoms in total. The molecule has 2 aromatic carbocycles. The number of hydrogen-bond donors (Lipinski definition) is 0. The number of imidazole rings is 1. The molecule has 0 radical (unpaired) electrons. The first-order chi connectivity index (χ1) is 16.4. The predicted molar refractivity (Wildman–Crippen MR) is 129 cm³/mol. The minimum Gasteiger partial charge on any atom is -0.496 e. The quantitative estimate of drug-likeness (QED) is 0.332. The Morgan fingerprint density at radius 2 is 2.03 bits per heavy atom. The molecule has 1 amide bonds. The summed E-state index contributed by atoms with van der Waals surface area (Å²) in [6, 6.07) is 13.2. The van der Waals surface area contributed by atoms with E-state index < -0.39 is 0 Å². The number of methoxy groups -OCH3 is 2. The molecule has 5 aromatic rings. The van der Waals surface area contributed by atoms with Crippen LogP contribution < -0.4 is 19.1 Å². The summed E-state index contributed by atoms with van der Waals surface area (Å²) in [5.74, 6) is 1.79. The third kappa shape index (κ3) is 4.03. The van der Waals surface area contributed by atoms with Crippen molar-refractivity contribution in [2.24, 2.45) is 0 Å². The van der Waals surface area contributed by atoms with Gasteiger partial charge in [-0.2, -0.15) is 0 Å². The zero-order chi connectivity index (χ0) is 23.8. The van der Waals surface area contributed by atoms with Gasteiger partial charge >= 0.3 is 0 Å². The van der Waals surface area contributed by atoms with Gasteiger partial charge < -0.3 is 23.5 Å². The van der Waals surface area contributed by atoms with Crippen LogP contribution >= 0.6 is 11.3 Å². The molecule has 0 atom stereocenters. The van der Waals surface area contributed by atoms with Gasteiger partial charge in [-0.05, 0) is 35.1 Å². The van der Waals surface area contributed by atoms with Gasteiger partial charge in [-0.25, -0.2) is 9.50 Å². The fourth-order valence-corrected chi connectivity index (χ4v) is 4.23. The zero-order valence-electron chi connectivity index (χ0n) is 19.1. The highest BCUT2D eigenvalue weighted by molar-refractivity contribution is 7.18. The lowest BCUT2D eigenvalue weighted by Crippen LogP contribution is -2.22. The van der Waals surface area contributed by atoms with Gasteiger partial charge in [0.1, 0.15) is 29.4 Å². The molecule has 174 valence electrons. The standard InChI is InChI=1S/C24H22N4O5S/c1-14(29)27(2)16-7-5-6-15(8-16)13-32-20-9-17(30-3)10-21-18(20)11-22(33-21)19-12-28-23(25-19)34-24(26-28)31-4/h5-12H,13H2,1-4H3. The molecule has 0 N–H and O–H groups in total. The van der Waals surface area contributed by atoms with Gasteiger partial charge in [-0.15, -0.1) is 5.10 Å². The van der Waals surface area contributed by atoms with Crippen LogP contribution in [0.2, 0.25) is 0 Å². The number of amides is 1. The number of aromatic nitrogens is 3. The highest BCUT2D eigenvalue weighted by atomic mass is 32.1. The number of ether oxygens (including phenoxy) is 3. The van der Waals surface area contributed by atoms with Gasteiger partial charge in [0.25, 0.3) is 5.19 Å². The van der Waals surface area contributed by atoms with E-state index in [4.69, 9.17) is 18.6 Å². The number of nitrogens with zero attached hydrogens (tertiary/aromatic N) is 4. The molecule has 0 aliphatic carbocycles. The van der Waals surface area contributed by atoms with E-state index >= 15 is 0 Å². The molecule has 10 heteroatoms. The van der Waals surface area contributed by atoms with Crippen molar-refractivity contribution >= 4 is 38.9 Å². The molecule has 0 aliphatic heterocycles. The van der Waals surface area contributed by atoms with Gasteiger partial charge in [0, 0.05) is 31.8 Å². The number of benzene rings is 2. The van der Waals surface area contributed by atoms with Gasteiger partial charge in [-0.1, -0.05) is 12.1 Å². The Hall–Kier alpha value is -4.05. The summed E-state index contributed by atoms with van der Waals surface area (Å²) in [6.07, 6.45) is 1.79. The Bertz CT molecular complexity index is 1470. The number of rotatable bonds is 7. The van der Waals surface area contributed by atoms with Crippen molar-refractivity contribution in [3.63, 3.8) is 0 Å². The fourth-order valence-electron chi connectivity index (χ4n) is 3.53. The Morgan fingerprint density at radius 3 is 2.76 bits per heavy atom. The lowest BCUT2D eigenvalue weighted by Gasteiger charge is -2.16. The van der Waals surface area contributed by atoms with E-state index in [1.807, 2.05) is 42.5 Å². The average Bonchev–Trinajstić information content (AvgIpc) is 3.54. The summed E-state index contributed by atoms with van der Waals surface area (Å²) in [7, 11) is 4.91. The largest absolute Gasteiger partial charge is 0.496 e. The van der Waals surface area contributed by atoms with Crippen molar-refractivity contribution in [3.8, 4) is 28.1 Å². The van der Waals surface area contributed by atoms with Crippen molar-refractivity contribution in [2.75, 3.05) is 26.2 Å². The fraction of sp³-hybridized carbons (Fsp3) is 0.208. The first-order valence-electron chi connectivity index (χ1n) is 10.4. The lowest BCUT2D eigenvalue weighted by molar-refractivity contribution is -0.116. The number of furan rings is 1. The maximum atomic E-state index is 11.7. The minimum atomic E-state index is -0.0358. The van der Waals surface area contributed by atoms with E-state index in [9.17, 15) is 4.79 Å². The third-order valence-electron chi connectivity index (χ3n) is 5.42. The molecule has 0 unspecified atom stereocenters. The van der Waals surface area contributed by atoms with E-state index in [1.165, 1.54) is 18.3 Å². The number of carbonyl (C=O) groups is 1. The Morgan fingerprint density at radius 1 is 1.18 bits per heavy atom. The van der Waals surface area contributed by atoms with Crippen LogP contribution in [0.4, 0.5) is 5.69 Å². The smallest absolute Gasteiger partial charge is 0.294 e. The average molecular weight is 479 g/mol. The number of hydrogen-bond acceptors (Lipinski definition) is 8. The predicted octanol–water partition coefficient (Wildman–Crippen LogP) is 4.78. The SMILES string of the molecule is COc1cc(OCc2cccc(N(C)C(C)=O)c2)c2cc(-c3cn4nc(OC)sc4n3)oc2c1. The Labute approximate surface area is 199 Å². The maximum Gasteiger partial charge on any atom is 0.294 e. The van der Waals surface area contributed by atoms with Crippen molar-refractivity contribution in [3.05, 3.63) is 54.2 Å². The maximum absolute atomic E-state index is 11.7. The van der Waals surface area contributed by atoms with Crippen LogP contribution in [0.25, 0.3) is 27.4 Å². The van der Waals surface area contributed by atoms with Gasteiger partial charge in [-0.3, -0.25) is 4.79 Å². The lowest BCUT2D eigenvalue weighted by atomic mass is 10.2. The molecule has 3 aromatic heterocycles. The normalized spacial score (nSPS) is 11.2. The summed E-state index contributed by atoms with van der Waals surface area (Å²) < 4.78 is 24.5. The van der Waals surface area contributed by atoms with Crippen LogP contribution in [0.5, 0.6) is 16.7 Å². The zero-order valence-corrected chi connectivity index (χ0v) is 19.9. The topological polar surface area (TPSA) is 91.3 Å². The highest BCUT2D eigenvalue weighted by Gasteiger charge is 2.17. The van der Waals surface area contributed by atoms with E-state index in [1.54, 1.807) is 36.9 Å². The number of carbonyl (C=O) groups excluding carboxylic acids is 1. The summed E-state index contributed by atoms with van der Waals surface area (Å²) >= 11 is 1.35. The Kier molecular flexibility index (Phi) is 5.58. The van der Waals surface area contributed by atoms with Crippen molar-refractivity contribution in [2.45, 2.75) is 13.5 Å².